The lowest BCUT2D eigenvalue weighted by molar-refractivity contribution is -0.137. The van der Waals surface area contributed by atoms with Crippen LogP contribution in [0.1, 0.15) is 35.8 Å². The zero-order chi connectivity index (χ0) is 29.1. The lowest BCUT2D eigenvalue weighted by Crippen LogP contribution is -2.42. The molecular formula is C29H34N6O6. The van der Waals surface area contributed by atoms with Crippen molar-refractivity contribution in [3.63, 3.8) is 0 Å². The van der Waals surface area contributed by atoms with Gasteiger partial charge >= 0.3 is 0 Å². The summed E-state index contributed by atoms with van der Waals surface area (Å²) >= 11 is 0. The number of hydrogen-bond acceptors (Lipinski definition) is 10. The van der Waals surface area contributed by atoms with Gasteiger partial charge in [-0.1, -0.05) is 24.3 Å². The third kappa shape index (κ3) is 5.53. The zero-order valence-corrected chi connectivity index (χ0v) is 23.3. The van der Waals surface area contributed by atoms with Crippen molar-refractivity contribution in [2.45, 2.75) is 44.3 Å². The molecule has 1 aliphatic rings. The highest BCUT2D eigenvalue weighted by Gasteiger charge is 2.47. The van der Waals surface area contributed by atoms with Gasteiger partial charge in [-0.05, 0) is 42.7 Å². The molecule has 1 saturated heterocycles. The molecule has 0 spiro atoms. The quantitative estimate of drug-likeness (QED) is 0.226. The molecular weight excluding hydrogens is 528 g/mol. The Morgan fingerprint density at radius 2 is 1.80 bits per heavy atom. The van der Waals surface area contributed by atoms with E-state index in [-0.39, 0.29) is 5.92 Å². The molecule has 1 aliphatic heterocycles. The molecule has 0 saturated carbocycles. The predicted molar refractivity (Wildman–Crippen MR) is 151 cm³/mol. The second-order valence-corrected chi connectivity index (χ2v) is 9.81. The number of nitrogens with one attached hydrogen (secondary N) is 2. The monoisotopic (exact) mass is 562 g/mol. The highest BCUT2D eigenvalue weighted by atomic mass is 16.6. The molecule has 5 atom stereocenters. The Hall–Kier alpha value is -4.26. The second-order valence-electron chi connectivity index (χ2n) is 9.81. The summed E-state index contributed by atoms with van der Waals surface area (Å²) in [5.41, 5.74) is 4.08. The number of methoxy groups -OCH3 is 2. The van der Waals surface area contributed by atoms with Gasteiger partial charge in [-0.3, -0.25) is 9.36 Å². The van der Waals surface area contributed by atoms with Crippen LogP contribution in [0.2, 0.25) is 0 Å². The van der Waals surface area contributed by atoms with E-state index in [2.05, 4.69) is 44.6 Å². The highest BCUT2D eigenvalue weighted by molar-refractivity contribution is 5.83. The standard InChI is InChI=1S/C29H34N6O6/c1-5-30-28(38)25-23(36)24(37)29(41-25)35-15-34-22-26(32-14-33-27(22)35)31-13-21(20-9-7-6-8-16(20)2)17-10-18(39-3)12-19(11-17)40-4/h6-12,14-15,21,23-25,29,36-37H,5,13H2,1-4H3,(H,30,38)(H,31,32,33)/t21?,23-,24+,25-,29?/m0/s1. The van der Waals surface area contributed by atoms with Gasteiger partial charge in [0.25, 0.3) is 5.91 Å². The summed E-state index contributed by atoms with van der Waals surface area (Å²) in [5, 5.41) is 27.2. The first-order chi connectivity index (χ1) is 19.9. The number of hydrogen-bond donors (Lipinski definition) is 4. The minimum Gasteiger partial charge on any atom is -0.497 e. The number of rotatable bonds is 10. The number of amides is 1. The summed E-state index contributed by atoms with van der Waals surface area (Å²) in [5.74, 6) is 1.25. The maximum atomic E-state index is 12.3. The molecule has 0 radical (unpaired) electrons. The van der Waals surface area contributed by atoms with Gasteiger partial charge in [0.05, 0.1) is 20.5 Å². The Labute approximate surface area is 237 Å². The van der Waals surface area contributed by atoms with Gasteiger partial charge in [-0.15, -0.1) is 0 Å². The number of likely N-dealkylation sites (N-methyl/N-ethyl adjacent to an activating group) is 1. The van der Waals surface area contributed by atoms with Crippen molar-refractivity contribution in [2.75, 3.05) is 32.6 Å². The van der Waals surface area contributed by atoms with Crippen LogP contribution in [0.4, 0.5) is 5.82 Å². The minimum absolute atomic E-state index is 0.0970. The molecule has 1 amide bonds. The fourth-order valence-electron chi connectivity index (χ4n) is 5.16. The zero-order valence-electron chi connectivity index (χ0n) is 23.3. The summed E-state index contributed by atoms with van der Waals surface area (Å²) < 4.78 is 18.3. The molecule has 0 aliphatic carbocycles. The number of fused-ring (bicyclic) bond motifs is 1. The van der Waals surface area contributed by atoms with Crippen LogP contribution in [-0.4, -0.2) is 81.3 Å². The lowest BCUT2D eigenvalue weighted by Gasteiger charge is -2.22. The molecule has 3 heterocycles. The first kappa shape index (κ1) is 28.3. The number of carbonyl (C=O) groups excluding carboxylic acids is 1. The first-order valence-corrected chi connectivity index (χ1v) is 13.3. The van der Waals surface area contributed by atoms with E-state index in [4.69, 9.17) is 14.2 Å². The van der Waals surface area contributed by atoms with Crippen LogP contribution in [0, 0.1) is 6.92 Å². The topological polar surface area (TPSA) is 153 Å². The van der Waals surface area contributed by atoms with E-state index in [1.54, 1.807) is 21.1 Å². The van der Waals surface area contributed by atoms with Crippen molar-refractivity contribution in [3.8, 4) is 11.5 Å². The highest BCUT2D eigenvalue weighted by Crippen LogP contribution is 2.35. The fraction of sp³-hybridized carbons (Fsp3) is 0.379. The second kappa shape index (κ2) is 12.1. The number of aliphatic hydroxyl groups excluding tert-OH is 2. The molecule has 41 heavy (non-hydrogen) atoms. The van der Waals surface area contributed by atoms with Crippen LogP contribution in [0.15, 0.2) is 55.1 Å². The molecule has 1 fully saturated rings. The molecule has 4 N–H and O–H groups in total. The molecule has 2 aromatic heterocycles. The summed E-state index contributed by atoms with van der Waals surface area (Å²) in [4.78, 5) is 25.6. The molecule has 216 valence electrons. The first-order valence-electron chi connectivity index (χ1n) is 13.3. The molecule has 2 unspecified atom stereocenters. The van der Waals surface area contributed by atoms with Gasteiger partial charge < -0.3 is 35.1 Å². The fourth-order valence-corrected chi connectivity index (χ4v) is 5.16. The summed E-state index contributed by atoms with van der Waals surface area (Å²) in [6.07, 6.45) is -2.20. The van der Waals surface area contributed by atoms with Crippen LogP contribution in [0.5, 0.6) is 11.5 Å². The third-order valence-electron chi connectivity index (χ3n) is 7.29. The number of aromatic nitrogens is 4. The Kier molecular flexibility index (Phi) is 8.34. The van der Waals surface area contributed by atoms with Gasteiger partial charge in [0, 0.05) is 25.1 Å². The van der Waals surface area contributed by atoms with Crippen molar-refractivity contribution < 1.29 is 29.2 Å². The van der Waals surface area contributed by atoms with Crippen molar-refractivity contribution in [3.05, 3.63) is 71.8 Å². The van der Waals surface area contributed by atoms with E-state index >= 15 is 0 Å². The van der Waals surface area contributed by atoms with Crippen LogP contribution in [0.3, 0.4) is 0 Å². The van der Waals surface area contributed by atoms with E-state index in [1.165, 1.54) is 17.2 Å². The van der Waals surface area contributed by atoms with Crippen LogP contribution in [-0.2, 0) is 9.53 Å². The molecule has 12 heteroatoms. The summed E-state index contributed by atoms with van der Waals surface area (Å²) in [7, 11) is 3.24. The average molecular weight is 563 g/mol. The number of benzene rings is 2. The van der Waals surface area contributed by atoms with Crippen molar-refractivity contribution in [1.82, 2.24) is 24.8 Å². The van der Waals surface area contributed by atoms with Gasteiger partial charge in [0.2, 0.25) is 0 Å². The molecule has 5 rings (SSSR count). The number of aliphatic hydroxyl groups is 2. The molecule has 2 aromatic carbocycles. The van der Waals surface area contributed by atoms with Gasteiger partial charge in [-0.2, -0.15) is 0 Å². The van der Waals surface area contributed by atoms with E-state index in [1.807, 2.05) is 30.3 Å². The SMILES string of the molecule is CCNC(=O)[C@H]1OC(n2cnc3c(NCC(c4cc(OC)cc(OC)c4)c4ccccc4C)ncnc32)[C@H](O)[C@@H]1O. The van der Waals surface area contributed by atoms with Crippen LogP contribution < -0.4 is 20.1 Å². The number of carbonyl (C=O) groups is 1. The van der Waals surface area contributed by atoms with Crippen LogP contribution >= 0.6 is 0 Å². The Bertz CT molecular complexity index is 1500. The van der Waals surface area contributed by atoms with Crippen LogP contribution in [0.25, 0.3) is 11.2 Å². The van der Waals surface area contributed by atoms with Crippen molar-refractivity contribution in [2.24, 2.45) is 0 Å². The third-order valence-corrected chi connectivity index (χ3v) is 7.29. The van der Waals surface area contributed by atoms with E-state index < -0.39 is 30.4 Å². The number of anilines is 1. The average Bonchev–Trinajstić information content (AvgIpc) is 3.54. The van der Waals surface area contributed by atoms with E-state index in [0.717, 1.165) is 16.7 Å². The summed E-state index contributed by atoms with van der Waals surface area (Å²) in [6.45, 7) is 4.66. The summed E-state index contributed by atoms with van der Waals surface area (Å²) in [6, 6.07) is 14.0. The van der Waals surface area contributed by atoms with Gasteiger partial charge in [-0.25, -0.2) is 15.0 Å². The van der Waals surface area contributed by atoms with Crippen molar-refractivity contribution >= 4 is 22.9 Å². The Balaban J connectivity index is 1.46. The van der Waals surface area contributed by atoms with Crippen molar-refractivity contribution in [1.29, 1.82) is 0 Å². The molecule has 4 aromatic rings. The number of imidazole rings is 1. The maximum absolute atomic E-state index is 12.3. The van der Waals surface area contributed by atoms with Gasteiger partial charge in [0.1, 0.15) is 30.0 Å². The maximum Gasteiger partial charge on any atom is 0.252 e. The Morgan fingerprint density at radius 3 is 2.49 bits per heavy atom. The van der Waals surface area contributed by atoms with E-state index in [9.17, 15) is 15.0 Å². The molecule has 0 bridgehead atoms. The van der Waals surface area contributed by atoms with E-state index in [0.29, 0.717) is 41.6 Å². The lowest BCUT2D eigenvalue weighted by atomic mass is 9.88. The number of nitrogens with zero attached hydrogens (tertiary/aromatic N) is 4. The number of aryl methyl sites for hydroxylation is 1. The predicted octanol–water partition coefficient (Wildman–Crippen LogP) is 2.15. The Morgan fingerprint density at radius 1 is 1.07 bits per heavy atom. The number of ether oxygens (including phenoxy) is 3. The smallest absolute Gasteiger partial charge is 0.252 e. The minimum atomic E-state index is -1.40. The van der Waals surface area contributed by atoms with Gasteiger partial charge in [0.15, 0.2) is 29.3 Å². The molecule has 12 nitrogen and oxygen atoms in total. The largest absolute Gasteiger partial charge is 0.497 e. The normalized spacial score (nSPS) is 21.0.